The molecule has 5 nitrogen and oxygen atoms in total. The van der Waals surface area contributed by atoms with Gasteiger partial charge in [0.05, 0.1) is 19.8 Å². The predicted octanol–water partition coefficient (Wildman–Crippen LogP) is 2.70. The molecule has 2 fully saturated rings. The van der Waals surface area contributed by atoms with Gasteiger partial charge in [0.2, 0.25) is 0 Å². The normalized spacial score (nSPS) is 26.2. The van der Waals surface area contributed by atoms with E-state index in [1.807, 2.05) is 20.1 Å². The number of Topliss-reactive ketones (excluding diaryl/α,β-unsaturated/α-hetero) is 1. The molecular weight excluding hydrogens is 336 g/mol. The summed E-state index contributed by atoms with van der Waals surface area (Å²) in [7, 11) is 0. The van der Waals surface area contributed by atoms with Crippen molar-refractivity contribution in [2.75, 3.05) is 58.8 Å². The van der Waals surface area contributed by atoms with Gasteiger partial charge < -0.3 is 8.92 Å². The molecule has 1 aliphatic carbocycles. The van der Waals surface area contributed by atoms with E-state index in [0.717, 1.165) is 52.2 Å². The minimum atomic E-state index is 0.194. The van der Waals surface area contributed by atoms with Crippen LogP contribution in [0.25, 0.3) is 0 Å². The van der Waals surface area contributed by atoms with Gasteiger partial charge in [0, 0.05) is 56.9 Å². The molecule has 0 aromatic heterocycles. The lowest BCUT2D eigenvalue weighted by Gasteiger charge is -2.42. The maximum atomic E-state index is 12.2. The van der Waals surface area contributed by atoms with Crippen molar-refractivity contribution in [1.29, 1.82) is 0 Å². The molecule has 0 atom stereocenters. The van der Waals surface area contributed by atoms with E-state index in [4.69, 9.17) is 8.92 Å². The summed E-state index contributed by atoms with van der Waals surface area (Å²) < 4.78 is 10.8. The monoisotopic (exact) mass is 372 g/mol. The highest BCUT2D eigenvalue weighted by Crippen LogP contribution is 2.30. The Labute approximate surface area is 158 Å². The van der Waals surface area contributed by atoms with Crippen LogP contribution in [-0.2, 0) is 13.7 Å². The van der Waals surface area contributed by atoms with Gasteiger partial charge in [-0.05, 0) is 37.7 Å². The minimum absolute atomic E-state index is 0.194. The lowest BCUT2D eigenvalue weighted by atomic mass is 9.80. The van der Waals surface area contributed by atoms with Crippen molar-refractivity contribution >= 4 is 17.8 Å². The number of carbonyl (C=O) groups is 1. The summed E-state index contributed by atoms with van der Waals surface area (Å²) in [5, 5.41) is 0. The fourth-order valence-electron chi connectivity index (χ4n) is 4.02. The average Bonchev–Trinajstić information content (AvgIpc) is 2.64. The standard InChI is InChI=1S/C19H36N2O3S/c1-16(2)19(22)17-4-6-18(7-5-17)21-10-8-20(9-11-21)12-13-23-14-15-24-25-3/h16-18H,4-15H2,1-3H3. The third-order valence-electron chi connectivity index (χ3n) is 5.57. The summed E-state index contributed by atoms with van der Waals surface area (Å²) in [4.78, 5) is 17.3. The van der Waals surface area contributed by atoms with Crippen LogP contribution in [0, 0.1) is 11.8 Å². The van der Waals surface area contributed by atoms with Crippen molar-refractivity contribution in [3.8, 4) is 0 Å². The Bertz CT molecular complexity index is 379. The highest BCUT2D eigenvalue weighted by molar-refractivity contribution is 7.93. The number of nitrogens with zero attached hydrogens (tertiary/aromatic N) is 2. The number of ketones is 1. The molecule has 1 aliphatic heterocycles. The molecule has 2 rings (SSSR count). The van der Waals surface area contributed by atoms with E-state index in [1.165, 1.54) is 24.9 Å². The van der Waals surface area contributed by atoms with Crippen LogP contribution in [-0.4, -0.2) is 80.4 Å². The molecule has 1 heterocycles. The molecule has 1 saturated heterocycles. The number of carbonyl (C=O) groups excluding carboxylic acids is 1. The number of piperazine rings is 1. The number of hydrogen-bond acceptors (Lipinski definition) is 6. The Morgan fingerprint density at radius 2 is 1.72 bits per heavy atom. The molecule has 0 aromatic rings. The van der Waals surface area contributed by atoms with Crippen LogP contribution in [0.4, 0.5) is 0 Å². The molecule has 2 aliphatic rings. The molecule has 0 unspecified atom stereocenters. The fourth-order valence-corrected chi connectivity index (χ4v) is 4.26. The zero-order valence-corrected chi connectivity index (χ0v) is 17.1. The van der Waals surface area contributed by atoms with E-state index >= 15 is 0 Å². The molecule has 0 radical (unpaired) electrons. The first-order valence-corrected chi connectivity index (χ1v) is 11.0. The molecule has 0 spiro atoms. The number of ether oxygens (including phenoxy) is 1. The second-order valence-corrected chi connectivity index (χ2v) is 8.11. The fraction of sp³-hybridized carbons (Fsp3) is 0.947. The molecule has 0 aromatic carbocycles. The van der Waals surface area contributed by atoms with Gasteiger partial charge in [0.25, 0.3) is 0 Å². The smallest absolute Gasteiger partial charge is 0.138 e. The summed E-state index contributed by atoms with van der Waals surface area (Å²) in [5.41, 5.74) is 0. The Kier molecular flexibility index (Phi) is 9.78. The van der Waals surface area contributed by atoms with Crippen molar-refractivity contribution in [3.05, 3.63) is 0 Å². The van der Waals surface area contributed by atoms with Crippen LogP contribution in [0.5, 0.6) is 0 Å². The first-order chi connectivity index (χ1) is 12.1. The summed E-state index contributed by atoms with van der Waals surface area (Å²) in [6.45, 7) is 11.8. The van der Waals surface area contributed by atoms with Gasteiger partial charge in [-0.1, -0.05) is 13.8 Å². The van der Waals surface area contributed by atoms with E-state index in [2.05, 4.69) is 9.80 Å². The second kappa shape index (κ2) is 11.5. The predicted molar refractivity (Wildman–Crippen MR) is 104 cm³/mol. The zero-order chi connectivity index (χ0) is 18.1. The molecule has 0 amide bonds. The molecule has 1 saturated carbocycles. The van der Waals surface area contributed by atoms with E-state index < -0.39 is 0 Å². The molecule has 0 N–H and O–H groups in total. The second-order valence-electron chi connectivity index (χ2n) is 7.54. The number of rotatable bonds is 10. The topological polar surface area (TPSA) is 42.0 Å². The van der Waals surface area contributed by atoms with Gasteiger partial charge in [0.1, 0.15) is 5.78 Å². The van der Waals surface area contributed by atoms with Crippen LogP contribution in [0.2, 0.25) is 0 Å². The molecule has 6 heteroatoms. The summed E-state index contributed by atoms with van der Waals surface area (Å²) >= 11 is 1.39. The largest absolute Gasteiger partial charge is 0.378 e. The van der Waals surface area contributed by atoms with Crippen LogP contribution in [0.3, 0.4) is 0 Å². The van der Waals surface area contributed by atoms with E-state index in [1.54, 1.807) is 0 Å². The minimum Gasteiger partial charge on any atom is -0.378 e. The average molecular weight is 373 g/mol. The maximum Gasteiger partial charge on any atom is 0.138 e. The van der Waals surface area contributed by atoms with Gasteiger partial charge >= 0.3 is 0 Å². The zero-order valence-electron chi connectivity index (χ0n) is 16.2. The molecule has 0 bridgehead atoms. The van der Waals surface area contributed by atoms with Gasteiger partial charge in [-0.25, -0.2) is 0 Å². The number of hydrogen-bond donors (Lipinski definition) is 0. The van der Waals surface area contributed by atoms with Crippen LogP contribution >= 0.6 is 12.0 Å². The van der Waals surface area contributed by atoms with E-state index in [-0.39, 0.29) is 5.92 Å². The van der Waals surface area contributed by atoms with Gasteiger partial charge in [-0.2, -0.15) is 0 Å². The SMILES string of the molecule is CSOCCOCCN1CCN(C2CCC(C(=O)C(C)C)CC2)CC1. The third-order valence-corrected chi connectivity index (χ3v) is 5.97. The van der Waals surface area contributed by atoms with Crippen molar-refractivity contribution in [2.45, 2.75) is 45.6 Å². The molecule has 146 valence electrons. The molecular formula is C19H36N2O3S. The lowest BCUT2D eigenvalue weighted by molar-refractivity contribution is -0.127. The Morgan fingerprint density at radius 3 is 2.32 bits per heavy atom. The summed E-state index contributed by atoms with van der Waals surface area (Å²) in [6, 6.07) is 0.693. The highest BCUT2D eigenvalue weighted by Gasteiger charge is 2.31. The Hall–Kier alpha value is -0.140. The maximum absolute atomic E-state index is 12.2. The van der Waals surface area contributed by atoms with Crippen molar-refractivity contribution in [2.24, 2.45) is 11.8 Å². The van der Waals surface area contributed by atoms with E-state index in [9.17, 15) is 4.79 Å². The van der Waals surface area contributed by atoms with E-state index in [0.29, 0.717) is 31.0 Å². The summed E-state index contributed by atoms with van der Waals surface area (Å²) in [5.74, 6) is 0.996. The van der Waals surface area contributed by atoms with Crippen LogP contribution in [0.15, 0.2) is 0 Å². The van der Waals surface area contributed by atoms with Crippen molar-refractivity contribution < 1.29 is 13.7 Å². The van der Waals surface area contributed by atoms with Crippen LogP contribution in [0.1, 0.15) is 39.5 Å². The Balaban J connectivity index is 1.57. The highest BCUT2D eigenvalue weighted by atomic mass is 32.2. The lowest BCUT2D eigenvalue weighted by Crippen LogP contribution is -2.51. The van der Waals surface area contributed by atoms with Crippen molar-refractivity contribution in [3.63, 3.8) is 0 Å². The van der Waals surface area contributed by atoms with Crippen LogP contribution < -0.4 is 0 Å². The third kappa shape index (κ3) is 7.18. The van der Waals surface area contributed by atoms with Gasteiger partial charge in [-0.3, -0.25) is 14.6 Å². The van der Waals surface area contributed by atoms with Gasteiger partial charge in [-0.15, -0.1) is 0 Å². The molecule has 25 heavy (non-hydrogen) atoms. The Morgan fingerprint density at radius 1 is 1.04 bits per heavy atom. The van der Waals surface area contributed by atoms with Crippen molar-refractivity contribution in [1.82, 2.24) is 9.80 Å². The quantitative estimate of drug-likeness (QED) is 0.434. The first kappa shape index (κ1) is 21.2. The van der Waals surface area contributed by atoms with Gasteiger partial charge in [0.15, 0.2) is 0 Å². The summed E-state index contributed by atoms with van der Waals surface area (Å²) in [6.07, 6.45) is 6.50. The first-order valence-electron chi connectivity index (χ1n) is 9.85.